The summed E-state index contributed by atoms with van der Waals surface area (Å²) in [5.41, 5.74) is 3.36. The molecule has 1 aliphatic heterocycles. The molecule has 2 N–H and O–H groups in total. The number of aryl methyl sites for hydroxylation is 1. The minimum absolute atomic E-state index is 0.120. The van der Waals surface area contributed by atoms with Gasteiger partial charge in [0.15, 0.2) is 0 Å². The molecule has 0 bridgehead atoms. The van der Waals surface area contributed by atoms with Gasteiger partial charge in [-0.05, 0) is 49.9 Å². The highest BCUT2D eigenvalue weighted by atomic mass is 32.2. The third-order valence-corrected chi connectivity index (χ3v) is 5.30. The van der Waals surface area contributed by atoms with Gasteiger partial charge in [0.2, 0.25) is 5.91 Å². The molecule has 1 heterocycles. The molecule has 0 atom stereocenters. The third-order valence-electron chi connectivity index (χ3n) is 3.93. The Bertz CT molecular complexity index is 482. The number of anilines is 1. The number of hydrogen-bond donors (Lipinski definition) is 2. The normalized spacial score (nSPS) is 16.2. The van der Waals surface area contributed by atoms with Crippen molar-refractivity contribution in [1.82, 2.24) is 5.32 Å². The SMILES string of the molecule is Cc1cccc(C(C)C)c1NC(=O)CSC1CCNCC1. The summed E-state index contributed by atoms with van der Waals surface area (Å²) in [5.74, 6) is 1.09. The first-order chi connectivity index (χ1) is 10.1. The van der Waals surface area contributed by atoms with Gasteiger partial charge in [0, 0.05) is 10.9 Å². The zero-order valence-corrected chi connectivity index (χ0v) is 14.1. The molecule has 1 amide bonds. The monoisotopic (exact) mass is 306 g/mol. The lowest BCUT2D eigenvalue weighted by atomic mass is 9.98. The van der Waals surface area contributed by atoms with E-state index in [9.17, 15) is 4.79 Å². The van der Waals surface area contributed by atoms with Gasteiger partial charge < -0.3 is 10.6 Å². The molecule has 1 fully saturated rings. The van der Waals surface area contributed by atoms with E-state index >= 15 is 0 Å². The summed E-state index contributed by atoms with van der Waals surface area (Å²) in [6, 6.07) is 6.22. The van der Waals surface area contributed by atoms with Crippen LogP contribution in [0.2, 0.25) is 0 Å². The molecule has 1 aromatic rings. The molecule has 1 aliphatic rings. The molecule has 0 spiro atoms. The van der Waals surface area contributed by atoms with Gasteiger partial charge in [-0.15, -0.1) is 11.8 Å². The second kappa shape index (κ2) is 7.85. The lowest BCUT2D eigenvalue weighted by Crippen LogP contribution is -2.30. The zero-order valence-electron chi connectivity index (χ0n) is 13.2. The highest BCUT2D eigenvalue weighted by molar-refractivity contribution is 8.00. The molecule has 0 unspecified atom stereocenters. The minimum Gasteiger partial charge on any atom is -0.325 e. The van der Waals surface area contributed by atoms with Gasteiger partial charge in [-0.2, -0.15) is 0 Å². The van der Waals surface area contributed by atoms with Crippen molar-refractivity contribution in [3.05, 3.63) is 29.3 Å². The van der Waals surface area contributed by atoms with Crippen molar-refractivity contribution >= 4 is 23.4 Å². The molecule has 21 heavy (non-hydrogen) atoms. The van der Waals surface area contributed by atoms with Crippen LogP contribution in [0.15, 0.2) is 18.2 Å². The second-order valence-electron chi connectivity index (χ2n) is 6.00. The van der Waals surface area contributed by atoms with Crippen LogP contribution in [0.25, 0.3) is 0 Å². The molecule has 0 aliphatic carbocycles. The first-order valence-corrected chi connectivity index (χ1v) is 8.84. The van der Waals surface area contributed by atoms with Crippen LogP contribution >= 0.6 is 11.8 Å². The van der Waals surface area contributed by atoms with Gasteiger partial charge in [0.1, 0.15) is 0 Å². The van der Waals surface area contributed by atoms with Gasteiger partial charge in [-0.1, -0.05) is 32.0 Å². The molecule has 0 radical (unpaired) electrons. The molecule has 4 heteroatoms. The Morgan fingerprint density at radius 3 is 2.76 bits per heavy atom. The van der Waals surface area contributed by atoms with Gasteiger partial charge in [0.05, 0.1) is 5.75 Å². The van der Waals surface area contributed by atoms with Gasteiger partial charge >= 0.3 is 0 Å². The van der Waals surface area contributed by atoms with Crippen LogP contribution in [0.3, 0.4) is 0 Å². The molecule has 0 saturated carbocycles. The number of nitrogens with one attached hydrogen (secondary N) is 2. The van der Waals surface area contributed by atoms with E-state index in [0.717, 1.165) is 24.3 Å². The molecule has 116 valence electrons. The topological polar surface area (TPSA) is 41.1 Å². The summed E-state index contributed by atoms with van der Waals surface area (Å²) in [7, 11) is 0. The number of thioether (sulfide) groups is 1. The van der Waals surface area contributed by atoms with E-state index < -0.39 is 0 Å². The van der Waals surface area contributed by atoms with Crippen molar-refractivity contribution in [2.24, 2.45) is 0 Å². The number of carbonyl (C=O) groups excluding carboxylic acids is 1. The van der Waals surface area contributed by atoms with Crippen molar-refractivity contribution in [3.8, 4) is 0 Å². The lowest BCUT2D eigenvalue weighted by Gasteiger charge is -2.22. The first kappa shape index (κ1) is 16.4. The maximum atomic E-state index is 12.2. The van der Waals surface area contributed by atoms with E-state index in [1.165, 1.54) is 18.4 Å². The largest absolute Gasteiger partial charge is 0.325 e. The smallest absolute Gasteiger partial charge is 0.234 e. The predicted octanol–water partition coefficient (Wildman–Crippen LogP) is 3.54. The number of benzene rings is 1. The molecule has 3 nitrogen and oxygen atoms in total. The maximum absolute atomic E-state index is 12.2. The summed E-state index contributed by atoms with van der Waals surface area (Å²) in [6.45, 7) is 8.53. The summed E-state index contributed by atoms with van der Waals surface area (Å²) >= 11 is 1.79. The van der Waals surface area contributed by atoms with E-state index in [4.69, 9.17) is 0 Å². The summed E-state index contributed by atoms with van der Waals surface area (Å²) in [6.07, 6.45) is 2.33. The average Bonchev–Trinajstić information content (AvgIpc) is 2.48. The molecule has 1 saturated heterocycles. The quantitative estimate of drug-likeness (QED) is 0.874. The van der Waals surface area contributed by atoms with Crippen LogP contribution < -0.4 is 10.6 Å². The highest BCUT2D eigenvalue weighted by Crippen LogP contribution is 2.28. The van der Waals surface area contributed by atoms with Crippen LogP contribution in [-0.4, -0.2) is 30.0 Å². The van der Waals surface area contributed by atoms with Gasteiger partial charge in [-0.3, -0.25) is 4.79 Å². The summed E-state index contributed by atoms with van der Waals surface area (Å²) < 4.78 is 0. The van der Waals surface area contributed by atoms with Crippen molar-refractivity contribution in [2.45, 2.75) is 44.8 Å². The van der Waals surface area contributed by atoms with E-state index in [1.807, 2.05) is 0 Å². The number of carbonyl (C=O) groups is 1. The molecular weight excluding hydrogens is 280 g/mol. The van der Waals surface area contributed by atoms with E-state index in [-0.39, 0.29) is 5.91 Å². The zero-order chi connectivity index (χ0) is 15.2. The van der Waals surface area contributed by atoms with Crippen LogP contribution in [0.1, 0.15) is 43.7 Å². The Morgan fingerprint density at radius 2 is 2.10 bits per heavy atom. The fourth-order valence-electron chi connectivity index (χ4n) is 2.67. The van der Waals surface area contributed by atoms with E-state index in [1.54, 1.807) is 11.8 Å². The fraction of sp³-hybridized carbons (Fsp3) is 0.588. The van der Waals surface area contributed by atoms with Crippen molar-refractivity contribution in [3.63, 3.8) is 0 Å². The van der Waals surface area contributed by atoms with Gasteiger partial charge in [-0.25, -0.2) is 0 Å². The summed E-state index contributed by atoms with van der Waals surface area (Å²) in [5, 5.41) is 7.10. The standard InChI is InChI=1S/C17H26N2OS/c1-12(2)15-6-4-5-13(3)17(15)19-16(20)11-21-14-7-9-18-10-8-14/h4-6,12,14,18H,7-11H2,1-3H3,(H,19,20). The Morgan fingerprint density at radius 1 is 1.38 bits per heavy atom. The number of hydrogen-bond acceptors (Lipinski definition) is 3. The Labute approximate surface area is 132 Å². The number of rotatable bonds is 5. The average molecular weight is 306 g/mol. The van der Waals surface area contributed by atoms with E-state index in [2.05, 4.69) is 49.6 Å². The van der Waals surface area contributed by atoms with Crippen LogP contribution in [0, 0.1) is 6.92 Å². The van der Waals surface area contributed by atoms with Crippen molar-refractivity contribution < 1.29 is 4.79 Å². The van der Waals surface area contributed by atoms with Crippen LogP contribution in [0.4, 0.5) is 5.69 Å². The van der Waals surface area contributed by atoms with Crippen molar-refractivity contribution in [1.29, 1.82) is 0 Å². The Balaban J connectivity index is 1.93. The summed E-state index contributed by atoms with van der Waals surface area (Å²) in [4.78, 5) is 12.2. The lowest BCUT2D eigenvalue weighted by molar-refractivity contribution is -0.113. The number of amides is 1. The van der Waals surface area contributed by atoms with Gasteiger partial charge in [0.25, 0.3) is 0 Å². The number of piperidine rings is 1. The first-order valence-electron chi connectivity index (χ1n) is 7.79. The molecule has 0 aromatic heterocycles. The molecular formula is C17H26N2OS. The van der Waals surface area contributed by atoms with Crippen LogP contribution in [-0.2, 0) is 4.79 Å². The Kier molecular flexibility index (Phi) is 6.12. The third kappa shape index (κ3) is 4.75. The maximum Gasteiger partial charge on any atom is 0.234 e. The highest BCUT2D eigenvalue weighted by Gasteiger charge is 2.16. The molecule has 2 rings (SSSR count). The van der Waals surface area contributed by atoms with Crippen LogP contribution in [0.5, 0.6) is 0 Å². The predicted molar refractivity (Wildman–Crippen MR) is 92.2 cm³/mol. The van der Waals surface area contributed by atoms with E-state index in [0.29, 0.717) is 16.9 Å². The second-order valence-corrected chi connectivity index (χ2v) is 7.29. The Hall–Kier alpha value is -1.000. The fourth-order valence-corrected chi connectivity index (χ4v) is 3.70. The molecule has 1 aromatic carbocycles. The minimum atomic E-state index is 0.120. The van der Waals surface area contributed by atoms with Crippen molar-refractivity contribution in [2.75, 3.05) is 24.2 Å². The number of para-hydroxylation sites is 1.